The maximum absolute atomic E-state index is 12.1. The Morgan fingerprint density at radius 1 is 1.32 bits per heavy atom. The van der Waals surface area contributed by atoms with Crippen molar-refractivity contribution < 1.29 is 4.79 Å². The molecule has 0 bridgehead atoms. The van der Waals surface area contributed by atoms with Crippen LogP contribution in [0.3, 0.4) is 0 Å². The number of hydrogen-bond acceptors (Lipinski definition) is 3. The summed E-state index contributed by atoms with van der Waals surface area (Å²) in [4.78, 5) is 14.2. The first kappa shape index (κ1) is 15.7. The summed E-state index contributed by atoms with van der Waals surface area (Å²) in [5.41, 5.74) is 7.64. The van der Waals surface area contributed by atoms with Crippen LogP contribution in [0.5, 0.6) is 0 Å². The van der Waals surface area contributed by atoms with Gasteiger partial charge in [-0.05, 0) is 31.1 Å². The van der Waals surface area contributed by atoms with E-state index >= 15 is 0 Å². The molecule has 1 aromatic carbocycles. The summed E-state index contributed by atoms with van der Waals surface area (Å²) in [5, 5.41) is 2.93. The van der Waals surface area contributed by atoms with Crippen molar-refractivity contribution in [2.45, 2.75) is 33.4 Å². The molecule has 0 spiro atoms. The summed E-state index contributed by atoms with van der Waals surface area (Å²) in [5.74, 6) is -0.140. The maximum atomic E-state index is 12.1. The summed E-state index contributed by atoms with van der Waals surface area (Å²) < 4.78 is 0. The van der Waals surface area contributed by atoms with Crippen molar-refractivity contribution in [2.24, 2.45) is 11.1 Å². The number of carbonyl (C=O) groups is 1. The number of anilines is 1. The third kappa shape index (κ3) is 4.65. The highest BCUT2D eigenvalue weighted by Gasteiger charge is 2.27. The van der Waals surface area contributed by atoms with Gasteiger partial charge in [0.05, 0.1) is 6.04 Å². The van der Waals surface area contributed by atoms with Gasteiger partial charge in [-0.15, -0.1) is 0 Å². The first-order valence-electron chi connectivity index (χ1n) is 6.51. The van der Waals surface area contributed by atoms with Crippen LogP contribution in [0.1, 0.15) is 26.3 Å². The van der Waals surface area contributed by atoms with Crippen LogP contribution in [0.4, 0.5) is 5.69 Å². The van der Waals surface area contributed by atoms with Gasteiger partial charge in [0.25, 0.3) is 0 Å². The molecule has 0 unspecified atom stereocenters. The number of nitrogens with one attached hydrogen (secondary N) is 1. The van der Waals surface area contributed by atoms with E-state index < -0.39 is 6.04 Å². The highest BCUT2D eigenvalue weighted by Crippen LogP contribution is 2.21. The van der Waals surface area contributed by atoms with E-state index in [0.29, 0.717) is 0 Å². The van der Waals surface area contributed by atoms with Crippen molar-refractivity contribution in [1.82, 2.24) is 4.90 Å². The van der Waals surface area contributed by atoms with Gasteiger partial charge < -0.3 is 16.0 Å². The Bertz CT molecular complexity index is 435. The smallest absolute Gasteiger partial charge is 0.241 e. The van der Waals surface area contributed by atoms with E-state index in [1.54, 1.807) is 0 Å². The van der Waals surface area contributed by atoms with E-state index in [4.69, 9.17) is 5.73 Å². The van der Waals surface area contributed by atoms with Crippen LogP contribution in [0.15, 0.2) is 24.3 Å². The summed E-state index contributed by atoms with van der Waals surface area (Å²) >= 11 is 0. The number of rotatable bonds is 4. The predicted molar refractivity (Wildman–Crippen MR) is 79.9 cm³/mol. The largest absolute Gasteiger partial charge is 0.324 e. The lowest BCUT2D eigenvalue weighted by Crippen LogP contribution is -2.45. The second kappa shape index (κ2) is 6.17. The first-order chi connectivity index (χ1) is 8.71. The number of benzene rings is 1. The molecular formula is C15H25N3O. The topological polar surface area (TPSA) is 58.4 Å². The molecule has 0 heterocycles. The molecule has 4 heteroatoms. The van der Waals surface area contributed by atoms with Crippen molar-refractivity contribution >= 4 is 11.6 Å². The fourth-order valence-corrected chi connectivity index (χ4v) is 1.72. The molecule has 19 heavy (non-hydrogen) atoms. The van der Waals surface area contributed by atoms with E-state index in [0.717, 1.165) is 17.8 Å². The van der Waals surface area contributed by atoms with Crippen LogP contribution in [-0.2, 0) is 11.3 Å². The quantitative estimate of drug-likeness (QED) is 0.874. The van der Waals surface area contributed by atoms with E-state index in [2.05, 4.69) is 10.2 Å². The molecule has 3 N–H and O–H groups in total. The van der Waals surface area contributed by atoms with E-state index in [9.17, 15) is 4.79 Å². The van der Waals surface area contributed by atoms with Gasteiger partial charge in [-0.25, -0.2) is 0 Å². The fraction of sp³-hybridized carbons (Fsp3) is 0.533. The highest BCUT2D eigenvalue weighted by atomic mass is 16.2. The zero-order valence-electron chi connectivity index (χ0n) is 12.5. The van der Waals surface area contributed by atoms with Crippen LogP contribution in [0.25, 0.3) is 0 Å². The van der Waals surface area contributed by atoms with Crippen molar-refractivity contribution in [1.29, 1.82) is 0 Å². The Hall–Kier alpha value is -1.39. The average molecular weight is 263 g/mol. The highest BCUT2D eigenvalue weighted by molar-refractivity contribution is 5.95. The van der Waals surface area contributed by atoms with Crippen molar-refractivity contribution in [3.05, 3.63) is 29.8 Å². The van der Waals surface area contributed by atoms with Crippen LogP contribution in [0.2, 0.25) is 0 Å². The minimum atomic E-state index is -0.528. The third-order valence-corrected chi connectivity index (χ3v) is 2.98. The lowest BCUT2D eigenvalue weighted by atomic mass is 9.87. The summed E-state index contributed by atoms with van der Waals surface area (Å²) in [7, 11) is 4.00. The predicted octanol–water partition coefficient (Wildman–Crippen LogP) is 2.06. The van der Waals surface area contributed by atoms with Gasteiger partial charge >= 0.3 is 0 Å². The second-order valence-corrected chi connectivity index (χ2v) is 6.23. The summed E-state index contributed by atoms with van der Waals surface area (Å²) in [6, 6.07) is 7.28. The van der Waals surface area contributed by atoms with Gasteiger partial charge in [-0.1, -0.05) is 39.0 Å². The number of nitrogens with two attached hydrogens (primary N) is 1. The van der Waals surface area contributed by atoms with E-state index in [1.165, 1.54) is 0 Å². The SMILES string of the molecule is CN(C)Cc1ccccc1NC(=O)[C@@H](N)C(C)(C)C. The molecule has 1 amide bonds. The standard InChI is InChI=1S/C15H25N3O/c1-15(2,3)13(16)14(19)17-12-9-7-6-8-11(12)10-18(4)5/h6-9,13H,10,16H2,1-5H3,(H,17,19)/t13-/m1/s1. The molecule has 1 aromatic rings. The van der Waals surface area contributed by atoms with Gasteiger partial charge in [0.15, 0.2) is 0 Å². The van der Waals surface area contributed by atoms with Crippen LogP contribution < -0.4 is 11.1 Å². The number of nitrogens with zero attached hydrogens (tertiary/aromatic N) is 1. The monoisotopic (exact) mass is 263 g/mol. The van der Waals surface area contributed by atoms with Crippen LogP contribution in [0, 0.1) is 5.41 Å². The minimum Gasteiger partial charge on any atom is -0.324 e. The molecule has 0 aliphatic rings. The number of para-hydroxylation sites is 1. The third-order valence-electron chi connectivity index (χ3n) is 2.98. The molecule has 1 rings (SSSR count). The molecule has 0 aliphatic carbocycles. The number of hydrogen-bond donors (Lipinski definition) is 2. The van der Waals surface area contributed by atoms with Crippen molar-refractivity contribution in [2.75, 3.05) is 19.4 Å². The Morgan fingerprint density at radius 3 is 2.42 bits per heavy atom. The van der Waals surface area contributed by atoms with Crippen LogP contribution >= 0.6 is 0 Å². The number of amides is 1. The lowest BCUT2D eigenvalue weighted by Gasteiger charge is -2.26. The zero-order valence-corrected chi connectivity index (χ0v) is 12.5. The molecule has 0 fully saturated rings. The summed E-state index contributed by atoms with van der Waals surface area (Å²) in [6.07, 6.45) is 0. The second-order valence-electron chi connectivity index (χ2n) is 6.23. The van der Waals surface area contributed by atoms with Gasteiger partial charge in [0.1, 0.15) is 0 Å². The van der Waals surface area contributed by atoms with Gasteiger partial charge in [0, 0.05) is 12.2 Å². The van der Waals surface area contributed by atoms with E-state index in [1.807, 2.05) is 59.1 Å². The normalized spacial score (nSPS) is 13.4. The van der Waals surface area contributed by atoms with Gasteiger partial charge in [-0.2, -0.15) is 0 Å². The lowest BCUT2D eigenvalue weighted by molar-refractivity contribution is -0.119. The molecular weight excluding hydrogens is 238 g/mol. The zero-order chi connectivity index (χ0) is 14.6. The first-order valence-corrected chi connectivity index (χ1v) is 6.51. The number of carbonyl (C=O) groups excluding carboxylic acids is 1. The van der Waals surface area contributed by atoms with Crippen molar-refractivity contribution in [3.8, 4) is 0 Å². The minimum absolute atomic E-state index is 0.140. The Balaban J connectivity index is 2.85. The molecule has 0 saturated heterocycles. The summed E-state index contributed by atoms with van der Waals surface area (Å²) in [6.45, 7) is 6.66. The molecule has 0 aromatic heterocycles. The Morgan fingerprint density at radius 2 is 1.89 bits per heavy atom. The molecule has 106 valence electrons. The molecule has 0 saturated carbocycles. The molecule has 4 nitrogen and oxygen atoms in total. The maximum Gasteiger partial charge on any atom is 0.241 e. The molecule has 0 aliphatic heterocycles. The van der Waals surface area contributed by atoms with Crippen LogP contribution in [-0.4, -0.2) is 30.9 Å². The molecule has 0 radical (unpaired) electrons. The van der Waals surface area contributed by atoms with Crippen molar-refractivity contribution in [3.63, 3.8) is 0 Å². The van der Waals surface area contributed by atoms with Gasteiger partial charge in [-0.3, -0.25) is 4.79 Å². The van der Waals surface area contributed by atoms with Gasteiger partial charge in [0.2, 0.25) is 5.91 Å². The Labute approximate surface area is 116 Å². The fourth-order valence-electron chi connectivity index (χ4n) is 1.72. The van der Waals surface area contributed by atoms with E-state index in [-0.39, 0.29) is 11.3 Å². The molecule has 1 atom stereocenters. The Kier molecular flexibility index (Phi) is 5.09. The average Bonchev–Trinajstić information content (AvgIpc) is 2.28.